The molecule has 4 aromatic carbocycles. The number of rotatable bonds is 3. The molecule has 3 heterocycles. The molecule has 0 N–H and O–H groups in total. The van der Waals surface area contributed by atoms with Crippen LogP contribution in [0.2, 0.25) is 0 Å². The maximum Gasteiger partial charge on any atom is 2.00 e. The van der Waals surface area contributed by atoms with Gasteiger partial charge < -0.3 is 14.1 Å². The monoisotopic (exact) mass is 630 g/mol. The smallest absolute Gasteiger partial charge is 0.497 e. The van der Waals surface area contributed by atoms with E-state index in [4.69, 9.17) is 9.72 Å². The summed E-state index contributed by atoms with van der Waals surface area (Å²) in [5, 5.41) is 3.17. The van der Waals surface area contributed by atoms with Gasteiger partial charge in [0.05, 0.1) is 16.7 Å². The number of imidazole rings is 1. The molecule has 0 aliphatic rings. The van der Waals surface area contributed by atoms with Gasteiger partial charge in [-0.15, -0.1) is 29.8 Å². The molecule has 0 amide bonds. The molecule has 4 nitrogen and oxygen atoms in total. The Labute approximate surface area is 216 Å². The Morgan fingerprint density at radius 1 is 0.657 bits per heavy atom. The summed E-state index contributed by atoms with van der Waals surface area (Å²) in [4.78, 5) is 9.37. The molecular weight excluding hydrogens is 613 g/mol. The molecule has 0 saturated heterocycles. The number of ether oxygens (including phenoxy) is 1. The fraction of sp³-hybridized carbons (Fsp3) is 0. The Hall–Kier alpha value is -4.01. The van der Waals surface area contributed by atoms with Gasteiger partial charge in [0, 0.05) is 23.2 Å². The molecule has 35 heavy (non-hydrogen) atoms. The van der Waals surface area contributed by atoms with E-state index < -0.39 is 0 Å². The fourth-order valence-electron chi connectivity index (χ4n) is 4.57. The van der Waals surface area contributed by atoms with Gasteiger partial charge in [-0.3, -0.25) is 4.98 Å². The third-order valence-corrected chi connectivity index (χ3v) is 6.07. The Morgan fingerprint density at radius 2 is 1.46 bits per heavy atom. The second-order valence-corrected chi connectivity index (χ2v) is 8.13. The second-order valence-electron chi connectivity index (χ2n) is 8.13. The van der Waals surface area contributed by atoms with Gasteiger partial charge in [0.2, 0.25) is 0 Å². The third-order valence-electron chi connectivity index (χ3n) is 6.07. The molecule has 5 heteroatoms. The van der Waals surface area contributed by atoms with Crippen molar-refractivity contribution in [2.75, 3.05) is 0 Å². The molecule has 7 aromatic rings. The van der Waals surface area contributed by atoms with Crippen LogP contribution in [0, 0.1) is 12.1 Å². The SMILES string of the molecule is [Pt+2].[c-]1c(Oc2[c-]c3c(cc2)c2ccccc2n2c4ccccc4nc32)cccc1-c1ccccn1. The number of pyridine rings is 2. The molecule has 0 radical (unpaired) electrons. The summed E-state index contributed by atoms with van der Waals surface area (Å²) in [5.41, 5.74) is 5.76. The fourth-order valence-corrected chi connectivity index (χ4v) is 4.57. The molecule has 0 aliphatic heterocycles. The van der Waals surface area contributed by atoms with E-state index in [0.717, 1.165) is 49.6 Å². The summed E-state index contributed by atoms with van der Waals surface area (Å²) < 4.78 is 8.42. The number of benzene rings is 4. The number of nitrogens with zero attached hydrogens (tertiary/aromatic N) is 3. The maximum absolute atomic E-state index is 6.21. The Bertz CT molecular complexity index is 1840. The summed E-state index contributed by atoms with van der Waals surface area (Å²) >= 11 is 0. The molecule has 0 aliphatic carbocycles. The van der Waals surface area contributed by atoms with E-state index in [2.05, 4.69) is 57.9 Å². The predicted octanol–water partition coefficient (Wildman–Crippen LogP) is 7.25. The largest absolute Gasteiger partial charge is 2.00 e. The van der Waals surface area contributed by atoms with Crippen molar-refractivity contribution in [3.8, 4) is 22.8 Å². The van der Waals surface area contributed by atoms with E-state index in [9.17, 15) is 0 Å². The summed E-state index contributed by atoms with van der Waals surface area (Å²) in [7, 11) is 0. The zero-order valence-corrected chi connectivity index (χ0v) is 20.7. The van der Waals surface area contributed by atoms with Gasteiger partial charge in [0.15, 0.2) is 0 Å². The van der Waals surface area contributed by atoms with Crippen molar-refractivity contribution in [3.05, 3.63) is 115 Å². The standard InChI is InChI=1S/C30H17N3O.Pt/c1-3-13-28-24(10-1)23-16-15-22(19-25(23)30-32-27-12-2-4-14-29(27)33(28)30)34-21-9-7-8-20(18-21)26-11-5-6-17-31-26;/h1-17H;/q-2;+2. The molecule has 0 spiro atoms. The molecular formula is C30H17N3OPt. The Balaban J connectivity index is 0.00000229. The van der Waals surface area contributed by atoms with Crippen LogP contribution < -0.4 is 4.74 Å². The van der Waals surface area contributed by atoms with E-state index in [1.807, 2.05) is 60.7 Å². The van der Waals surface area contributed by atoms with Crippen LogP contribution in [-0.4, -0.2) is 14.4 Å². The first kappa shape index (κ1) is 21.5. The normalized spacial score (nSPS) is 11.2. The van der Waals surface area contributed by atoms with Crippen LogP contribution in [0.5, 0.6) is 11.5 Å². The van der Waals surface area contributed by atoms with Gasteiger partial charge in [-0.25, -0.2) is 0 Å². The number of aromatic nitrogens is 3. The van der Waals surface area contributed by atoms with Crippen LogP contribution in [0.1, 0.15) is 0 Å². The van der Waals surface area contributed by atoms with E-state index in [1.165, 1.54) is 0 Å². The van der Waals surface area contributed by atoms with Gasteiger partial charge in [-0.2, -0.15) is 0 Å². The minimum atomic E-state index is 0. The van der Waals surface area contributed by atoms with Gasteiger partial charge in [-0.1, -0.05) is 71.4 Å². The maximum atomic E-state index is 6.21. The van der Waals surface area contributed by atoms with Gasteiger partial charge in [0.25, 0.3) is 0 Å². The van der Waals surface area contributed by atoms with E-state index in [1.54, 1.807) is 6.20 Å². The van der Waals surface area contributed by atoms with Crippen LogP contribution in [0.4, 0.5) is 0 Å². The van der Waals surface area contributed by atoms with Crippen molar-refractivity contribution >= 4 is 38.4 Å². The number of hydrogen-bond donors (Lipinski definition) is 0. The molecule has 7 rings (SSSR count). The minimum Gasteiger partial charge on any atom is -0.497 e. The topological polar surface area (TPSA) is 39.4 Å². The van der Waals surface area contributed by atoms with Crippen molar-refractivity contribution in [3.63, 3.8) is 0 Å². The minimum absolute atomic E-state index is 0. The summed E-state index contributed by atoms with van der Waals surface area (Å²) in [6.07, 6.45) is 1.78. The van der Waals surface area contributed by atoms with Crippen molar-refractivity contribution in [1.29, 1.82) is 0 Å². The van der Waals surface area contributed by atoms with Crippen molar-refractivity contribution in [1.82, 2.24) is 14.4 Å². The first-order valence-electron chi connectivity index (χ1n) is 11.1. The predicted molar refractivity (Wildman–Crippen MR) is 135 cm³/mol. The average Bonchev–Trinajstić information content (AvgIpc) is 3.30. The van der Waals surface area contributed by atoms with Gasteiger partial charge in [0.1, 0.15) is 0 Å². The molecule has 0 bridgehead atoms. The van der Waals surface area contributed by atoms with Crippen LogP contribution in [0.3, 0.4) is 0 Å². The molecule has 3 aromatic heterocycles. The Kier molecular flexibility index (Phi) is 5.32. The summed E-state index contributed by atoms with van der Waals surface area (Å²) in [5.74, 6) is 1.23. The van der Waals surface area contributed by atoms with Gasteiger partial charge >= 0.3 is 21.1 Å². The number of fused-ring (bicyclic) bond motifs is 8. The molecule has 0 atom stereocenters. The summed E-state index contributed by atoms with van der Waals surface area (Å²) in [6.45, 7) is 0. The first-order valence-corrected chi connectivity index (χ1v) is 11.1. The van der Waals surface area contributed by atoms with Crippen molar-refractivity contribution < 1.29 is 25.8 Å². The van der Waals surface area contributed by atoms with Crippen LogP contribution in [0.15, 0.2) is 103 Å². The summed E-state index contributed by atoms with van der Waals surface area (Å²) in [6, 6.07) is 39.1. The molecule has 0 saturated carbocycles. The average molecular weight is 631 g/mol. The Morgan fingerprint density at radius 3 is 2.34 bits per heavy atom. The van der Waals surface area contributed by atoms with E-state index in [-0.39, 0.29) is 21.1 Å². The van der Waals surface area contributed by atoms with Crippen molar-refractivity contribution in [2.24, 2.45) is 0 Å². The second kappa shape index (κ2) is 8.65. The zero-order valence-electron chi connectivity index (χ0n) is 18.4. The van der Waals surface area contributed by atoms with Crippen LogP contribution in [-0.2, 0) is 21.1 Å². The van der Waals surface area contributed by atoms with Crippen LogP contribution in [0.25, 0.3) is 49.6 Å². The number of para-hydroxylation sites is 3. The van der Waals surface area contributed by atoms with Gasteiger partial charge in [-0.05, 0) is 35.3 Å². The van der Waals surface area contributed by atoms with E-state index in [0.29, 0.717) is 11.5 Å². The zero-order chi connectivity index (χ0) is 22.5. The number of hydrogen-bond acceptors (Lipinski definition) is 3. The molecule has 0 fully saturated rings. The molecule has 0 unspecified atom stereocenters. The molecule has 168 valence electrons. The van der Waals surface area contributed by atoms with Crippen molar-refractivity contribution in [2.45, 2.75) is 0 Å². The third kappa shape index (κ3) is 3.58. The quantitative estimate of drug-likeness (QED) is 0.153. The first-order chi connectivity index (χ1) is 16.8. The van der Waals surface area contributed by atoms with Crippen LogP contribution >= 0.6 is 0 Å². The van der Waals surface area contributed by atoms with E-state index >= 15 is 0 Å².